The molecule has 2 aliphatic carbocycles. The molecule has 1 heterocycles. The van der Waals surface area contributed by atoms with Gasteiger partial charge in [0.15, 0.2) is 0 Å². The van der Waals surface area contributed by atoms with Gasteiger partial charge in [-0.1, -0.05) is 45.2 Å². The largest absolute Gasteiger partial charge is 4.00 e. The monoisotopic (exact) mass is 507 g/mol. The average molecular weight is 507 g/mol. The Bertz CT molecular complexity index is 298. The molecule has 0 unspecified atom stereocenters. The quantitative estimate of drug-likeness (QED) is 0.287. The maximum Gasteiger partial charge on any atom is 4.00 e. The molecule has 0 nitrogen and oxygen atoms in total. The van der Waals surface area contributed by atoms with Crippen LogP contribution in [0.4, 0.5) is 0 Å². The molecule has 0 aromatic carbocycles. The van der Waals surface area contributed by atoms with Gasteiger partial charge in [0, 0.05) is 9.52 Å². The average Bonchev–Trinajstić information content (AvgIpc) is 3.07. The molecule has 3 rings (SSSR count). The molecule has 0 amide bonds. The van der Waals surface area contributed by atoms with Crippen molar-refractivity contribution >= 4 is 9.52 Å². The predicted molar refractivity (Wildman–Crippen MR) is 83.0 cm³/mol. The number of halogens is 2. The van der Waals surface area contributed by atoms with Crippen LogP contribution in [0.5, 0.6) is 0 Å². The summed E-state index contributed by atoms with van der Waals surface area (Å²) >= 11 is 0. The zero-order valence-electron chi connectivity index (χ0n) is 13.1. The minimum absolute atomic E-state index is 0. The molecule has 1 saturated heterocycles. The van der Waals surface area contributed by atoms with E-state index in [1.807, 2.05) is 0 Å². The molecular weight excluding hydrogens is 482 g/mol. The van der Waals surface area contributed by atoms with Crippen molar-refractivity contribution in [2.24, 2.45) is 0 Å². The van der Waals surface area contributed by atoms with Crippen molar-refractivity contribution in [2.75, 3.05) is 0 Å². The summed E-state index contributed by atoms with van der Waals surface area (Å²) < 4.78 is 0. The molecule has 0 saturated carbocycles. The Hall–Kier alpha value is 0.627. The minimum Gasteiger partial charge on any atom is -1.00 e. The molecule has 115 valence electrons. The molecule has 1 radical (unpaired) electrons. The van der Waals surface area contributed by atoms with E-state index in [1.54, 1.807) is 12.1 Å². The first-order chi connectivity index (χ1) is 8.79. The Morgan fingerprint density at radius 3 is 1.33 bits per heavy atom. The van der Waals surface area contributed by atoms with Crippen LogP contribution in [0, 0.1) is 12.2 Å². The fraction of sp³-hybridized carbons (Fsp3) is 0.529. The van der Waals surface area contributed by atoms with Crippen LogP contribution in [0.1, 0.15) is 46.0 Å². The maximum absolute atomic E-state index is 3.12. The molecule has 0 N–H and O–H groups in total. The van der Waals surface area contributed by atoms with Gasteiger partial charge in [-0.05, 0) is 0 Å². The third-order valence-corrected chi connectivity index (χ3v) is 4.68. The molecular formula is C17H25Cl2HfSi. The van der Waals surface area contributed by atoms with E-state index in [-0.39, 0.29) is 50.7 Å². The van der Waals surface area contributed by atoms with E-state index in [4.69, 9.17) is 0 Å². The van der Waals surface area contributed by atoms with E-state index in [0.29, 0.717) is 0 Å². The van der Waals surface area contributed by atoms with Crippen LogP contribution in [0.15, 0.2) is 35.5 Å². The van der Waals surface area contributed by atoms with Crippen LogP contribution in [0.25, 0.3) is 0 Å². The zero-order valence-corrected chi connectivity index (χ0v) is 19.4. The molecule has 0 aromatic heterocycles. The summed E-state index contributed by atoms with van der Waals surface area (Å²) in [5.74, 6) is 0. The van der Waals surface area contributed by atoms with Gasteiger partial charge in [-0.15, -0.1) is 12.8 Å². The zero-order chi connectivity index (χ0) is 13.1. The van der Waals surface area contributed by atoms with Gasteiger partial charge in [0.1, 0.15) is 0 Å². The van der Waals surface area contributed by atoms with Crippen molar-refractivity contribution in [3.05, 3.63) is 47.6 Å². The normalized spacial score (nSPS) is 17.4. The van der Waals surface area contributed by atoms with Crippen molar-refractivity contribution in [2.45, 2.75) is 58.0 Å². The van der Waals surface area contributed by atoms with Crippen molar-refractivity contribution in [3.63, 3.8) is 0 Å². The van der Waals surface area contributed by atoms with E-state index in [9.17, 15) is 0 Å². The second-order valence-electron chi connectivity index (χ2n) is 4.86. The first-order valence-corrected chi connectivity index (χ1v) is 8.72. The van der Waals surface area contributed by atoms with E-state index < -0.39 is 0 Å². The molecule has 0 aromatic rings. The van der Waals surface area contributed by atoms with Crippen LogP contribution in [0.3, 0.4) is 0 Å². The number of allylic oxidation sites excluding steroid dienone is 8. The van der Waals surface area contributed by atoms with Crippen molar-refractivity contribution in [1.82, 2.24) is 0 Å². The second-order valence-corrected chi connectivity index (χ2v) is 6.59. The van der Waals surface area contributed by atoms with E-state index >= 15 is 0 Å². The summed E-state index contributed by atoms with van der Waals surface area (Å²) in [7, 11) is 0.905. The van der Waals surface area contributed by atoms with Crippen molar-refractivity contribution < 1.29 is 50.7 Å². The number of hydrogen-bond donors (Lipinski definition) is 0. The van der Waals surface area contributed by atoms with Crippen LogP contribution in [-0.4, -0.2) is 9.52 Å². The molecule has 1 aliphatic heterocycles. The smallest absolute Gasteiger partial charge is 1.00 e. The number of hydrogen-bond acceptors (Lipinski definition) is 0. The van der Waals surface area contributed by atoms with Gasteiger partial charge in [0.2, 0.25) is 0 Å². The summed E-state index contributed by atoms with van der Waals surface area (Å²) in [4.78, 5) is 0. The molecule has 3 aliphatic rings. The van der Waals surface area contributed by atoms with Crippen molar-refractivity contribution in [1.29, 1.82) is 0 Å². The molecule has 0 atom stereocenters. The first kappa shape index (κ1) is 26.5. The summed E-state index contributed by atoms with van der Waals surface area (Å²) in [5, 5.41) is 0. The fourth-order valence-corrected chi connectivity index (χ4v) is 3.37. The Labute approximate surface area is 165 Å². The Kier molecular flexibility index (Phi) is 23.6. The molecule has 0 spiro atoms. The van der Waals surface area contributed by atoms with Gasteiger partial charge in [-0.3, -0.25) is 12.2 Å². The first-order valence-electron chi connectivity index (χ1n) is 7.08. The second kappa shape index (κ2) is 18.7. The van der Waals surface area contributed by atoms with Crippen LogP contribution in [-0.2, 0) is 25.8 Å². The third kappa shape index (κ3) is 16.8. The van der Waals surface area contributed by atoms with Gasteiger partial charge in [-0.2, -0.15) is 12.2 Å². The van der Waals surface area contributed by atoms with Gasteiger partial charge in [-0.25, -0.2) is 23.3 Å². The van der Waals surface area contributed by atoms with Gasteiger partial charge in [0.05, 0.1) is 0 Å². The predicted octanol–water partition coefficient (Wildman–Crippen LogP) is -1.16. The Balaban J connectivity index is -0.000000216. The molecule has 21 heavy (non-hydrogen) atoms. The van der Waals surface area contributed by atoms with E-state index in [2.05, 4.69) is 50.3 Å². The Morgan fingerprint density at radius 2 is 1.24 bits per heavy atom. The van der Waals surface area contributed by atoms with Gasteiger partial charge < -0.3 is 24.8 Å². The number of rotatable bonds is 0. The Morgan fingerprint density at radius 1 is 0.810 bits per heavy atom. The molecule has 0 bridgehead atoms. The van der Waals surface area contributed by atoms with Crippen LogP contribution < -0.4 is 24.8 Å². The fourth-order valence-electron chi connectivity index (χ4n) is 1.93. The SMILES string of the molecule is C1CC[SiH]CC1.CC1=[C-]CC=C1.CC1=[C-]CC=C1.[Cl-].[Cl-].[Hf+4]. The van der Waals surface area contributed by atoms with Crippen molar-refractivity contribution in [3.8, 4) is 0 Å². The summed E-state index contributed by atoms with van der Waals surface area (Å²) in [6, 6.07) is 3.17. The summed E-state index contributed by atoms with van der Waals surface area (Å²) in [6.07, 6.45) is 21.3. The van der Waals surface area contributed by atoms with Crippen LogP contribution in [0.2, 0.25) is 12.1 Å². The molecule has 1 fully saturated rings. The molecule has 4 heteroatoms. The summed E-state index contributed by atoms with van der Waals surface area (Å²) in [5.41, 5.74) is 2.55. The topological polar surface area (TPSA) is 0 Å². The third-order valence-electron chi connectivity index (χ3n) is 3.05. The minimum atomic E-state index is 0. The van der Waals surface area contributed by atoms with Crippen LogP contribution >= 0.6 is 0 Å². The van der Waals surface area contributed by atoms with E-state index in [0.717, 1.165) is 22.4 Å². The summed E-state index contributed by atoms with van der Waals surface area (Å²) in [6.45, 7) is 4.12. The van der Waals surface area contributed by atoms with E-state index in [1.165, 1.54) is 30.4 Å². The van der Waals surface area contributed by atoms with Gasteiger partial charge >= 0.3 is 25.8 Å². The maximum atomic E-state index is 3.12. The standard InChI is InChI=1S/2C6H7.C5H11Si.2ClH.Hf/c2*1-6-4-2-3-5-6;1-2-4-6-5-3-1;;;/h2*2,4H,3H2,1H3;6H,1-5H2;2*1H;/q2*-1;;;;+4/p-2. The van der Waals surface area contributed by atoms with Gasteiger partial charge in [0.25, 0.3) is 0 Å².